The van der Waals surface area contributed by atoms with E-state index in [0.717, 1.165) is 17.5 Å². The Balaban J connectivity index is 1.89. The van der Waals surface area contributed by atoms with Crippen LogP contribution < -0.4 is 9.62 Å². The molecule has 1 heterocycles. The summed E-state index contributed by atoms with van der Waals surface area (Å²) in [7, 11) is 1.82. The summed E-state index contributed by atoms with van der Waals surface area (Å²) >= 11 is 0. The summed E-state index contributed by atoms with van der Waals surface area (Å²) in [5, 5.41) is 14.7. The molecule has 40 heavy (non-hydrogen) atoms. The first-order chi connectivity index (χ1) is 19.0. The highest BCUT2D eigenvalue weighted by molar-refractivity contribution is 7.92. The summed E-state index contributed by atoms with van der Waals surface area (Å²) in [6.07, 6.45) is 1.97. The van der Waals surface area contributed by atoms with Gasteiger partial charge in [0.25, 0.3) is 0 Å². The first kappa shape index (κ1) is 28.8. The number of sulfonamides is 1. The number of nitrogens with zero attached hydrogens (tertiary/aromatic N) is 4. The van der Waals surface area contributed by atoms with Gasteiger partial charge in [0.05, 0.1) is 34.4 Å². The van der Waals surface area contributed by atoms with Crippen LogP contribution in [0.2, 0.25) is 0 Å². The van der Waals surface area contributed by atoms with E-state index in [9.17, 15) is 18.3 Å². The van der Waals surface area contributed by atoms with Crippen LogP contribution >= 0.6 is 0 Å². The third-order valence-electron chi connectivity index (χ3n) is 6.65. The summed E-state index contributed by atoms with van der Waals surface area (Å²) in [6.45, 7) is 2.91. The highest BCUT2D eigenvalue weighted by Gasteiger charge is 2.25. The zero-order chi connectivity index (χ0) is 29.0. The van der Waals surface area contributed by atoms with Gasteiger partial charge in [0, 0.05) is 31.1 Å². The fourth-order valence-electron chi connectivity index (χ4n) is 4.55. The first-order valence-corrected chi connectivity index (χ1v) is 14.8. The van der Waals surface area contributed by atoms with Gasteiger partial charge in [-0.15, -0.1) is 0 Å². The zero-order valence-corrected chi connectivity index (χ0v) is 24.2. The highest BCUT2D eigenvalue weighted by Crippen LogP contribution is 2.35. The molecule has 1 aromatic heterocycles. The molecule has 0 saturated carbocycles. The molecule has 0 unspecified atom stereocenters. The Morgan fingerprint density at radius 3 is 2.25 bits per heavy atom. The molecule has 0 saturated heterocycles. The SMILES string of the molecule is CCc1ccc2c(C(=Nc3ccc(N(CCN(C)C)S(C)(=O)=O)cc3)c3ccccc3)c(O)n(C(=O)NC)c2c1. The van der Waals surface area contributed by atoms with Crippen molar-refractivity contribution in [1.29, 1.82) is 0 Å². The number of aromatic nitrogens is 1. The lowest BCUT2D eigenvalue weighted by Crippen LogP contribution is -2.35. The first-order valence-electron chi connectivity index (χ1n) is 13.0. The molecular weight excluding hydrogens is 526 g/mol. The van der Waals surface area contributed by atoms with Gasteiger partial charge in [-0.25, -0.2) is 22.8 Å². The maximum atomic E-state index is 12.9. The summed E-state index contributed by atoms with van der Waals surface area (Å²) < 4.78 is 27.6. The molecule has 2 N–H and O–H groups in total. The summed E-state index contributed by atoms with van der Waals surface area (Å²) in [5.41, 5.74) is 4.37. The van der Waals surface area contributed by atoms with Crippen molar-refractivity contribution in [1.82, 2.24) is 14.8 Å². The molecule has 0 bridgehead atoms. The van der Waals surface area contributed by atoms with Gasteiger partial charge in [-0.3, -0.25) is 4.31 Å². The second-order valence-electron chi connectivity index (χ2n) is 9.78. The van der Waals surface area contributed by atoms with Gasteiger partial charge in [-0.05, 0) is 56.4 Å². The van der Waals surface area contributed by atoms with E-state index in [0.29, 0.717) is 46.6 Å². The van der Waals surface area contributed by atoms with Gasteiger partial charge in [-0.2, -0.15) is 0 Å². The fraction of sp³-hybridized carbons (Fsp3) is 0.267. The molecule has 0 aliphatic heterocycles. The molecule has 4 aromatic rings. The Hall–Kier alpha value is -4.15. The zero-order valence-electron chi connectivity index (χ0n) is 23.4. The molecule has 0 atom stereocenters. The number of nitrogens with one attached hydrogen (secondary N) is 1. The molecule has 210 valence electrons. The van der Waals surface area contributed by atoms with E-state index in [1.54, 1.807) is 24.3 Å². The molecule has 0 aliphatic carbocycles. The maximum absolute atomic E-state index is 12.9. The third-order valence-corrected chi connectivity index (χ3v) is 7.84. The molecule has 9 nitrogen and oxygen atoms in total. The Kier molecular flexibility index (Phi) is 8.61. The quantitative estimate of drug-likeness (QED) is 0.291. The van der Waals surface area contributed by atoms with Crippen molar-refractivity contribution in [3.05, 3.63) is 89.5 Å². The van der Waals surface area contributed by atoms with E-state index in [4.69, 9.17) is 4.99 Å². The number of aliphatic imine (C=N–C) groups is 1. The van der Waals surface area contributed by atoms with Crippen LogP contribution in [0.4, 0.5) is 16.2 Å². The molecule has 0 spiro atoms. The standard InChI is InChI=1S/C30H35N5O4S/c1-6-21-12-17-25-26(20-21)35(30(37)31-2)29(36)27(25)28(22-10-8-7-9-11-22)32-23-13-15-24(16-14-23)34(40(5,38)39)19-18-33(3)4/h7-17,20,36H,6,18-19H2,1-5H3,(H,31,37). The van der Waals surface area contributed by atoms with Crippen molar-refractivity contribution in [3.8, 4) is 5.88 Å². The molecule has 0 fully saturated rings. The monoisotopic (exact) mass is 561 g/mol. The normalized spacial score (nSPS) is 12.2. The number of aryl methyl sites for hydroxylation is 1. The fourth-order valence-corrected chi connectivity index (χ4v) is 5.47. The van der Waals surface area contributed by atoms with Crippen molar-refractivity contribution in [3.63, 3.8) is 0 Å². The van der Waals surface area contributed by atoms with Crippen LogP contribution in [0, 0.1) is 0 Å². The van der Waals surface area contributed by atoms with Crippen LogP contribution in [0.15, 0.2) is 77.8 Å². The van der Waals surface area contributed by atoms with Gasteiger partial charge in [-0.1, -0.05) is 49.4 Å². The van der Waals surface area contributed by atoms with Crippen LogP contribution in [0.1, 0.15) is 23.6 Å². The molecule has 0 radical (unpaired) electrons. The number of benzene rings is 3. The number of hydrogen-bond donors (Lipinski definition) is 2. The predicted octanol–water partition coefficient (Wildman–Crippen LogP) is 4.59. The number of hydrogen-bond acceptors (Lipinski definition) is 6. The van der Waals surface area contributed by atoms with Crippen molar-refractivity contribution in [2.24, 2.45) is 4.99 Å². The molecule has 4 rings (SSSR count). The number of aromatic hydroxyl groups is 1. The van der Waals surface area contributed by atoms with Crippen LogP contribution in [0.3, 0.4) is 0 Å². The number of likely N-dealkylation sites (N-methyl/N-ethyl adjacent to an activating group) is 1. The topological polar surface area (TPSA) is 107 Å². The van der Waals surface area contributed by atoms with E-state index in [-0.39, 0.29) is 5.88 Å². The van der Waals surface area contributed by atoms with E-state index >= 15 is 0 Å². The van der Waals surface area contributed by atoms with E-state index in [1.807, 2.05) is 74.4 Å². The number of carbonyl (C=O) groups is 1. The Morgan fingerprint density at radius 1 is 1.00 bits per heavy atom. The van der Waals surface area contributed by atoms with E-state index in [2.05, 4.69) is 5.32 Å². The van der Waals surface area contributed by atoms with Gasteiger partial charge >= 0.3 is 6.03 Å². The minimum absolute atomic E-state index is 0.214. The third kappa shape index (κ3) is 6.03. The Bertz CT molecular complexity index is 1640. The average molecular weight is 562 g/mol. The molecule has 0 aliphatic rings. The lowest BCUT2D eigenvalue weighted by molar-refractivity contribution is 0.242. The number of amides is 1. The predicted molar refractivity (Wildman–Crippen MR) is 162 cm³/mol. The smallest absolute Gasteiger partial charge is 0.328 e. The average Bonchev–Trinajstić information content (AvgIpc) is 3.22. The maximum Gasteiger partial charge on any atom is 0.328 e. The Labute approximate surface area is 235 Å². The lowest BCUT2D eigenvalue weighted by Gasteiger charge is -2.24. The van der Waals surface area contributed by atoms with Crippen molar-refractivity contribution < 1.29 is 18.3 Å². The molecular formula is C30H35N5O4S. The molecule has 3 aromatic carbocycles. The summed E-state index contributed by atoms with van der Waals surface area (Å²) in [6, 6.07) is 21.7. The lowest BCUT2D eigenvalue weighted by atomic mass is 10.00. The second-order valence-corrected chi connectivity index (χ2v) is 11.7. The molecule has 1 amide bonds. The van der Waals surface area contributed by atoms with Gasteiger partial charge in [0.2, 0.25) is 15.9 Å². The Morgan fingerprint density at radius 2 is 1.68 bits per heavy atom. The summed E-state index contributed by atoms with van der Waals surface area (Å²) in [5.74, 6) is -0.214. The minimum Gasteiger partial charge on any atom is -0.494 e. The van der Waals surface area contributed by atoms with Gasteiger partial charge in [0.15, 0.2) is 0 Å². The van der Waals surface area contributed by atoms with Crippen LogP contribution in [0.25, 0.3) is 10.9 Å². The van der Waals surface area contributed by atoms with E-state index < -0.39 is 16.1 Å². The number of anilines is 1. The largest absolute Gasteiger partial charge is 0.494 e. The number of fused-ring (bicyclic) bond motifs is 1. The van der Waals surface area contributed by atoms with Crippen LogP contribution in [0.5, 0.6) is 5.88 Å². The number of rotatable bonds is 9. The number of carbonyl (C=O) groups excluding carboxylic acids is 1. The summed E-state index contributed by atoms with van der Waals surface area (Å²) in [4.78, 5) is 19.7. The van der Waals surface area contributed by atoms with Gasteiger partial charge < -0.3 is 15.3 Å². The second kappa shape index (κ2) is 11.9. The van der Waals surface area contributed by atoms with Gasteiger partial charge in [0.1, 0.15) is 0 Å². The highest BCUT2D eigenvalue weighted by atomic mass is 32.2. The molecule has 10 heteroatoms. The van der Waals surface area contributed by atoms with E-state index in [1.165, 1.54) is 22.2 Å². The van der Waals surface area contributed by atoms with Crippen molar-refractivity contribution in [2.45, 2.75) is 13.3 Å². The minimum atomic E-state index is -3.48. The van der Waals surface area contributed by atoms with Crippen molar-refractivity contribution in [2.75, 3.05) is 44.8 Å². The van der Waals surface area contributed by atoms with Crippen LogP contribution in [-0.4, -0.2) is 75.2 Å². The van der Waals surface area contributed by atoms with Crippen molar-refractivity contribution >= 4 is 44.0 Å². The van der Waals surface area contributed by atoms with Crippen LogP contribution in [-0.2, 0) is 16.4 Å².